The second kappa shape index (κ2) is 9.66. The Morgan fingerprint density at radius 3 is 2.73 bits per heavy atom. The smallest absolute Gasteiger partial charge is 0.341 e. The summed E-state index contributed by atoms with van der Waals surface area (Å²) in [7, 11) is 0. The Bertz CT molecular complexity index is 901. The lowest BCUT2D eigenvalue weighted by molar-refractivity contribution is -0.182. The van der Waals surface area contributed by atoms with Crippen LogP contribution in [0.3, 0.4) is 0 Å². The summed E-state index contributed by atoms with van der Waals surface area (Å²) in [6.45, 7) is 4.79. The molecule has 13 heteroatoms. The summed E-state index contributed by atoms with van der Waals surface area (Å²) < 4.78 is 39.1. The summed E-state index contributed by atoms with van der Waals surface area (Å²) in [5.41, 5.74) is 8.85. The van der Waals surface area contributed by atoms with Crippen LogP contribution in [0.5, 0.6) is 0 Å². The monoisotopic (exact) mass is 487 g/mol. The van der Waals surface area contributed by atoms with Crippen LogP contribution in [0.1, 0.15) is 25.8 Å². The predicted molar refractivity (Wildman–Crippen MR) is 120 cm³/mol. The van der Waals surface area contributed by atoms with Gasteiger partial charge in [-0.15, -0.1) is 0 Å². The Labute approximate surface area is 194 Å². The van der Waals surface area contributed by atoms with Crippen molar-refractivity contribution in [2.45, 2.75) is 50.4 Å². The Kier molecular flexibility index (Phi) is 7.05. The van der Waals surface area contributed by atoms with E-state index in [0.29, 0.717) is 12.2 Å². The second-order valence-corrected chi connectivity index (χ2v) is 9.68. The zero-order chi connectivity index (χ0) is 23.8. The van der Waals surface area contributed by atoms with Gasteiger partial charge >= 0.3 is 6.18 Å². The number of nitrogens with zero attached hydrogens (tertiary/aromatic N) is 1. The first-order chi connectivity index (χ1) is 15.6. The van der Waals surface area contributed by atoms with Crippen molar-refractivity contribution < 1.29 is 22.8 Å². The molecule has 0 spiro atoms. The lowest BCUT2D eigenvalue weighted by Gasteiger charge is -2.31. The molecule has 33 heavy (non-hydrogen) atoms. The van der Waals surface area contributed by atoms with E-state index >= 15 is 0 Å². The number of amides is 2. The van der Waals surface area contributed by atoms with Gasteiger partial charge in [0.15, 0.2) is 0 Å². The molecule has 3 aliphatic rings. The second-order valence-electron chi connectivity index (χ2n) is 8.73. The van der Waals surface area contributed by atoms with Crippen molar-refractivity contribution in [3.8, 4) is 0 Å². The van der Waals surface area contributed by atoms with Gasteiger partial charge in [0.1, 0.15) is 11.4 Å². The Morgan fingerprint density at radius 1 is 1.21 bits per heavy atom. The molecule has 4 rings (SSSR count). The van der Waals surface area contributed by atoms with Crippen LogP contribution in [0.15, 0.2) is 18.2 Å². The van der Waals surface area contributed by atoms with Crippen LogP contribution in [-0.4, -0.2) is 48.5 Å². The summed E-state index contributed by atoms with van der Waals surface area (Å²) in [5.74, 6) is -3.24. The molecule has 2 amide bonds. The molecule has 9 nitrogen and oxygen atoms in total. The average Bonchev–Trinajstić information content (AvgIpc) is 3.40. The molecule has 3 aliphatic heterocycles. The first kappa shape index (κ1) is 24.1. The van der Waals surface area contributed by atoms with Gasteiger partial charge in [0.2, 0.25) is 11.8 Å². The van der Waals surface area contributed by atoms with Crippen molar-refractivity contribution in [1.82, 2.24) is 26.3 Å². The summed E-state index contributed by atoms with van der Waals surface area (Å²) in [6, 6.07) is 5.14. The first-order valence-electron chi connectivity index (χ1n) is 10.8. The number of anilines is 2. The van der Waals surface area contributed by atoms with E-state index < -0.39 is 35.3 Å². The van der Waals surface area contributed by atoms with E-state index in [1.165, 1.54) is 0 Å². The maximum Gasteiger partial charge on any atom is 0.393 e. The summed E-state index contributed by atoms with van der Waals surface area (Å²) in [5, 5.41) is 9.65. The van der Waals surface area contributed by atoms with Crippen LogP contribution < -0.4 is 36.6 Å². The van der Waals surface area contributed by atoms with Gasteiger partial charge in [0.05, 0.1) is 17.5 Å². The number of halogens is 3. The molecule has 0 aliphatic carbocycles. The number of hydrogen-bond acceptors (Lipinski definition) is 8. The van der Waals surface area contributed by atoms with Gasteiger partial charge in [-0.1, -0.05) is 0 Å². The third-order valence-electron chi connectivity index (χ3n) is 6.02. The fourth-order valence-electron chi connectivity index (χ4n) is 4.25. The molecule has 4 atom stereocenters. The topological polar surface area (TPSA) is 110 Å². The maximum atomic E-state index is 13.0. The number of carbonyl (C=O) groups excluding carboxylic acids is 2. The Balaban J connectivity index is 1.35. The van der Waals surface area contributed by atoms with Crippen molar-refractivity contribution in [2.75, 3.05) is 23.4 Å². The molecular weight excluding hydrogens is 459 g/mol. The van der Waals surface area contributed by atoms with Crippen LogP contribution in [0, 0.1) is 11.8 Å². The van der Waals surface area contributed by atoms with E-state index in [4.69, 9.17) is 0 Å². The molecule has 2 fully saturated rings. The molecular formula is C20H28F3N7O2S. The van der Waals surface area contributed by atoms with Crippen LogP contribution >= 0.6 is 11.9 Å². The molecule has 2 saturated heterocycles. The highest BCUT2D eigenvalue weighted by atomic mass is 32.2. The summed E-state index contributed by atoms with van der Waals surface area (Å²) in [6.07, 6.45) is -4.62. The highest BCUT2D eigenvalue weighted by Crippen LogP contribution is 2.33. The molecule has 1 aromatic carbocycles. The standard InChI is InChI=1S/C20H28F3N7O2S/c1-10(2)30-15-4-3-14(6-11(15)8-25-30)26-18(32)16-19(33-29-28-16)27-17(31)12-5-13(9-24-7-12)20(21,22)23/h3-4,6,10,12-13,16,19,24-25,28-29H,5,7-9H2,1-2H3,(H,26,32)(H,27,31). The molecule has 1 aromatic rings. The van der Waals surface area contributed by atoms with Crippen LogP contribution in [-0.2, 0) is 16.1 Å². The van der Waals surface area contributed by atoms with Crippen LogP contribution in [0.4, 0.5) is 24.5 Å². The quantitative estimate of drug-likeness (QED) is 0.344. The number of alkyl halides is 3. The highest BCUT2D eigenvalue weighted by molar-refractivity contribution is 7.98. The van der Waals surface area contributed by atoms with Crippen molar-refractivity contribution in [2.24, 2.45) is 11.8 Å². The Hall–Kier alpha value is -2.06. The zero-order valence-corrected chi connectivity index (χ0v) is 19.1. The molecule has 182 valence electrons. The van der Waals surface area contributed by atoms with Crippen LogP contribution in [0.2, 0.25) is 0 Å². The SMILES string of the molecule is CC(C)N1NCc2cc(NC(=O)C3NNSC3NC(=O)C3CNCC(C(F)(F)F)C3)ccc21. The minimum absolute atomic E-state index is 0.171. The summed E-state index contributed by atoms with van der Waals surface area (Å²) >= 11 is 1.10. The highest BCUT2D eigenvalue weighted by Gasteiger charge is 2.44. The average molecular weight is 488 g/mol. The minimum atomic E-state index is -4.35. The number of nitrogens with one attached hydrogen (secondary N) is 6. The third kappa shape index (κ3) is 5.38. The van der Waals surface area contributed by atoms with Gasteiger partial charge in [0, 0.05) is 31.4 Å². The molecule has 4 unspecified atom stereocenters. The number of hydrazine groups is 2. The number of benzene rings is 1. The maximum absolute atomic E-state index is 13.0. The van der Waals surface area contributed by atoms with E-state index in [2.05, 4.69) is 50.5 Å². The predicted octanol–water partition coefficient (Wildman–Crippen LogP) is 1.21. The van der Waals surface area contributed by atoms with Gasteiger partial charge in [-0.25, -0.2) is 10.9 Å². The lowest BCUT2D eigenvalue weighted by Crippen LogP contribution is -2.53. The number of piperidine rings is 1. The molecule has 0 bridgehead atoms. The van der Waals surface area contributed by atoms with Gasteiger partial charge in [-0.3, -0.25) is 9.59 Å². The van der Waals surface area contributed by atoms with Crippen molar-refractivity contribution >= 4 is 35.1 Å². The molecule has 3 heterocycles. The molecule has 0 saturated carbocycles. The van der Waals surface area contributed by atoms with Crippen molar-refractivity contribution in [3.63, 3.8) is 0 Å². The number of hydrogen-bond donors (Lipinski definition) is 6. The largest absolute Gasteiger partial charge is 0.393 e. The number of rotatable bonds is 5. The normalized spacial score (nSPS) is 27.5. The van der Waals surface area contributed by atoms with E-state index in [1.54, 1.807) is 0 Å². The van der Waals surface area contributed by atoms with Gasteiger partial charge in [-0.05, 0) is 56.0 Å². The summed E-state index contributed by atoms with van der Waals surface area (Å²) in [4.78, 5) is 28.3. The van der Waals surface area contributed by atoms with Crippen LogP contribution in [0.25, 0.3) is 0 Å². The van der Waals surface area contributed by atoms with Gasteiger partial charge in [0.25, 0.3) is 0 Å². The lowest BCUT2D eigenvalue weighted by atomic mass is 9.89. The molecule has 0 aromatic heterocycles. The minimum Gasteiger partial charge on any atom is -0.341 e. The molecule has 6 N–H and O–H groups in total. The fourth-order valence-corrected chi connectivity index (χ4v) is 5.07. The third-order valence-corrected chi connectivity index (χ3v) is 6.90. The fraction of sp³-hybridized carbons (Fsp3) is 0.600. The van der Waals surface area contributed by atoms with E-state index in [1.807, 2.05) is 18.2 Å². The number of carbonyl (C=O) groups is 2. The van der Waals surface area contributed by atoms with E-state index in [-0.39, 0.29) is 31.5 Å². The van der Waals surface area contributed by atoms with Crippen molar-refractivity contribution in [1.29, 1.82) is 0 Å². The van der Waals surface area contributed by atoms with Gasteiger partial charge in [-0.2, -0.15) is 18.0 Å². The zero-order valence-electron chi connectivity index (χ0n) is 18.3. The molecule has 0 radical (unpaired) electrons. The van der Waals surface area contributed by atoms with E-state index in [0.717, 1.165) is 23.2 Å². The van der Waals surface area contributed by atoms with Gasteiger partial charge < -0.3 is 21.0 Å². The first-order valence-corrected chi connectivity index (χ1v) is 11.7. The Morgan fingerprint density at radius 2 is 2.00 bits per heavy atom. The van der Waals surface area contributed by atoms with E-state index in [9.17, 15) is 22.8 Å². The number of fused-ring (bicyclic) bond motifs is 1. The van der Waals surface area contributed by atoms with Crippen molar-refractivity contribution in [3.05, 3.63) is 23.8 Å².